The highest BCUT2D eigenvalue weighted by molar-refractivity contribution is 7.89. The smallest absolute Gasteiger partial charge is 0.305 e. The number of hydrogen-bond donors (Lipinski definition) is 1. The lowest BCUT2D eigenvalue weighted by Gasteiger charge is -2.31. The van der Waals surface area contributed by atoms with Crippen molar-refractivity contribution in [3.05, 3.63) is 34.2 Å². The molecule has 0 aliphatic carbocycles. The van der Waals surface area contributed by atoms with E-state index in [0.29, 0.717) is 80.8 Å². The maximum absolute atomic E-state index is 13.8. The maximum atomic E-state index is 13.8. The first-order valence-corrected chi connectivity index (χ1v) is 17.2. The highest BCUT2D eigenvalue weighted by atomic mass is 35.5. The third-order valence-corrected chi connectivity index (χ3v) is 10.2. The minimum absolute atomic E-state index is 0. The van der Waals surface area contributed by atoms with Crippen LogP contribution in [0.2, 0.25) is 0 Å². The van der Waals surface area contributed by atoms with Gasteiger partial charge in [0, 0.05) is 33.1 Å². The standard InChI is InChI=1S/C31H46N6O6S.ClH/c1-6-10-25-28-29(35(5)34-25)31(39)33-30(32-28)24-21-23(12-13-26(24)42-9-4)44(40,41)37-17-15-22(16-18-37)11-14-27(38)43-20-19-36(7-2)8-3;/h12-13,21-22H,6-11,14-20H2,1-5H3,(H,32,33,39);1H. The van der Waals surface area contributed by atoms with E-state index in [-0.39, 0.29) is 40.6 Å². The number of aromatic nitrogens is 4. The summed E-state index contributed by atoms with van der Waals surface area (Å²) >= 11 is 0. The molecule has 0 amide bonds. The number of hydrogen-bond acceptors (Lipinski definition) is 9. The molecular weight excluding hydrogens is 620 g/mol. The van der Waals surface area contributed by atoms with Gasteiger partial charge in [-0.05, 0) is 69.8 Å². The second-order valence-electron chi connectivity index (χ2n) is 11.2. The summed E-state index contributed by atoms with van der Waals surface area (Å²) in [7, 11) is -2.12. The number of H-pyrrole nitrogens is 1. The third kappa shape index (κ3) is 8.63. The Balaban J connectivity index is 0.00000552. The number of ether oxygens (including phenoxy) is 2. The van der Waals surface area contributed by atoms with E-state index >= 15 is 0 Å². The molecule has 0 saturated carbocycles. The lowest BCUT2D eigenvalue weighted by Crippen LogP contribution is -2.38. The molecule has 2 aromatic heterocycles. The summed E-state index contributed by atoms with van der Waals surface area (Å²) in [5.41, 5.74) is 1.63. The maximum Gasteiger partial charge on any atom is 0.305 e. The van der Waals surface area contributed by atoms with Crippen LogP contribution in [0.25, 0.3) is 22.4 Å². The number of rotatable bonds is 15. The van der Waals surface area contributed by atoms with E-state index in [9.17, 15) is 18.0 Å². The van der Waals surface area contributed by atoms with Gasteiger partial charge in [-0.3, -0.25) is 14.3 Å². The van der Waals surface area contributed by atoms with Crippen LogP contribution >= 0.6 is 12.4 Å². The number of nitrogens with zero attached hydrogens (tertiary/aromatic N) is 5. The van der Waals surface area contributed by atoms with Gasteiger partial charge in [-0.1, -0.05) is 27.2 Å². The van der Waals surface area contributed by atoms with E-state index in [1.165, 1.54) is 21.1 Å². The molecule has 1 aliphatic rings. The fourth-order valence-corrected chi connectivity index (χ4v) is 7.22. The Kier molecular flexibility index (Phi) is 13.4. The number of fused-ring (bicyclic) bond motifs is 1. The van der Waals surface area contributed by atoms with Crippen LogP contribution < -0.4 is 10.3 Å². The van der Waals surface area contributed by atoms with Crippen LogP contribution in [0.15, 0.2) is 27.9 Å². The Morgan fingerprint density at radius 2 is 1.84 bits per heavy atom. The zero-order valence-corrected chi connectivity index (χ0v) is 28.6. The van der Waals surface area contributed by atoms with Gasteiger partial charge in [0.2, 0.25) is 10.0 Å². The van der Waals surface area contributed by atoms with E-state index in [1.807, 2.05) is 13.8 Å². The number of aryl methyl sites for hydroxylation is 2. The zero-order chi connectivity index (χ0) is 31.9. The number of likely N-dealkylation sites (N-methyl/N-ethyl adjacent to an activating group) is 1. The van der Waals surface area contributed by atoms with Crippen molar-refractivity contribution in [2.75, 3.05) is 45.9 Å². The van der Waals surface area contributed by atoms with Crippen molar-refractivity contribution in [2.45, 2.75) is 71.1 Å². The number of aromatic amines is 1. The molecule has 0 unspecified atom stereocenters. The fourth-order valence-electron chi connectivity index (χ4n) is 5.73. The van der Waals surface area contributed by atoms with Crippen LogP contribution in [0.5, 0.6) is 5.75 Å². The van der Waals surface area contributed by atoms with Gasteiger partial charge in [-0.25, -0.2) is 13.4 Å². The number of carbonyl (C=O) groups excluding carboxylic acids is 1. The van der Waals surface area contributed by atoms with E-state index in [0.717, 1.165) is 31.7 Å². The Labute approximate surface area is 271 Å². The molecule has 0 atom stereocenters. The zero-order valence-electron chi connectivity index (χ0n) is 27.0. The van der Waals surface area contributed by atoms with Gasteiger partial charge in [0.25, 0.3) is 5.56 Å². The minimum atomic E-state index is -3.82. The lowest BCUT2D eigenvalue weighted by atomic mass is 9.93. The van der Waals surface area contributed by atoms with Crippen LogP contribution in [0, 0.1) is 5.92 Å². The second kappa shape index (κ2) is 16.5. The fraction of sp³-hybridized carbons (Fsp3) is 0.613. The molecule has 4 rings (SSSR count). The number of piperidine rings is 1. The number of benzene rings is 1. The van der Waals surface area contributed by atoms with Crippen LogP contribution in [-0.2, 0) is 33.0 Å². The van der Waals surface area contributed by atoms with Gasteiger partial charge in [-0.15, -0.1) is 12.4 Å². The highest BCUT2D eigenvalue weighted by Gasteiger charge is 2.31. The molecule has 0 spiro atoms. The van der Waals surface area contributed by atoms with Crippen LogP contribution in [0.1, 0.15) is 65.5 Å². The molecule has 14 heteroatoms. The normalized spacial score (nSPS) is 14.5. The van der Waals surface area contributed by atoms with Gasteiger partial charge in [0.05, 0.1) is 22.8 Å². The number of halogens is 1. The first-order valence-electron chi connectivity index (χ1n) is 15.7. The van der Waals surface area contributed by atoms with Crippen molar-refractivity contribution in [1.29, 1.82) is 0 Å². The molecule has 45 heavy (non-hydrogen) atoms. The molecule has 3 heterocycles. The minimum Gasteiger partial charge on any atom is -0.493 e. The summed E-state index contributed by atoms with van der Waals surface area (Å²) in [5.74, 6) is 0.714. The molecular formula is C31H47ClN6O6S. The van der Waals surface area contributed by atoms with E-state index < -0.39 is 10.0 Å². The van der Waals surface area contributed by atoms with E-state index in [4.69, 9.17) is 14.5 Å². The molecule has 12 nitrogen and oxygen atoms in total. The van der Waals surface area contributed by atoms with Crippen molar-refractivity contribution in [3.63, 3.8) is 0 Å². The predicted octanol–water partition coefficient (Wildman–Crippen LogP) is 4.16. The second-order valence-corrected chi connectivity index (χ2v) is 13.1. The molecule has 1 aromatic carbocycles. The first kappa shape index (κ1) is 36.5. The van der Waals surface area contributed by atoms with Gasteiger partial charge < -0.3 is 19.4 Å². The summed E-state index contributed by atoms with van der Waals surface area (Å²) in [4.78, 5) is 35.2. The Bertz CT molecular complexity index is 1600. The van der Waals surface area contributed by atoms with Gasteiger partial charge in [-0.2, -0.15) is 9.40 Å². The van der Waals surface area contributed by atoms with Crippen molar-refractivity contribution < 1.29 is 22.7 Å². The molecule has 250 valence electrons. The van der Waals surface area contributed by atoms with E-state index in [2.05, 4.69) is 28.8 Å². The molecule has 1 aliphatic heterocycles. The number of sulfonamides is 1. The molecule has 0 bridgehead atoms. The van der Waals surface area contributed by atoms with Gasteiger partial charge >= 0.3 is 5.97 Å². The number of esters is 1. The Hall–Kier alpha value is -3.00. The molecule has 1 N–H and O–H groups in total. The SMILES string of the molecule is CCCc1nn(C)c2c(=O)[nH]c(-c3cc(S(=O)(=O)N4CCC(CCC(=O)OCCN(CC)CC)CC4)ccc3OCC)nc12.Cl. The van der Waals surface area contributed by atoms with E-state index in [1.54, 1.807) is 13.1 Å². The van der Waals surface area contributed by atoms with Crippen LogP contribution in [0.4, 0.5) is 0 Å². The molecule has 1 saturated heterocycles. The molecule has 0 radical (unpaired) electrons. The third-order valence-electron chi connectivity index (χ3n) is 8.29. The van der Waals surface area contributed by atoms with Crippen molar-refractivity contribution in [3.8, 4) is 17.1 Å². The summed E-state index contributed by atoms with van der Waals surface area (Å²) in [6, 6.07) is 4.68. The van der Waals surface area contributed by atoms with Gasteiger partial charge in [0.15, 0.2) is 5.52 Å². The predicted molar refractivity (Wildman–Crippen MR) is 176 cm³/mol. The Morgan fingerprint density at radius 3 is 2.49 bits per heavy atom. The first-order chi connectivity index (χ1) is 21.1. The topological polar surface area (TPSA) is 140 Å². The van der Waals surface area contributed by atoms with Gasteiger partial charge in [0.1, 0.15) is 23.7 Å². The van der Waals surface area contributed by atoms with Crippen LogP contribution in [0.3, 0.4) is 0 Å². The average Bonchev–Trinajstić information content (AvgIpc) is 3.34. The molecule has 3 aromatic rings. The largest absolute Gasteiger partial charge is 0.493 e. The summed E-state index contributed by atoms with van der Waals surface area (Å²) < 4.78 is 41.7. The average molecular weight is 667 g/mol. The Morgan fingerprint density at radius 1 is 1.13 bits per heavy atom. The van der Waals surface area contributed by atoms with Crippen molar-refractivity contribution in [2.24, 2.45) is 13.0 Å². The van der Waals surface area contributed by atoms with Crippen molar-refractivity contribution in [1.82, 2.24) is 29.0 Å². The number of carbonyl (C=O) groups is 1. The van der Waals surface area contributed by atoms with Crippen LogP contribution in [-0.4, -0.2) is 89.3 Å². The lowest BCUT2D eigenvalue weighted by molar-refractivity contribution is -0.144. The number of nitrogens with one attached hydrogen (secondary N) is 1. The van der Waals surface area contributed by atoms with Crippen molar-refractivity contribution >= 4 is 39.4 Å². The summed E-state index contributed by atoms with van der Waals surface area (Å²) in [5, 5.41) is 4.48. The highest BCUT2D eigenvalue weighted by Crippen LogP contribution is 2.33. The molecule has 1 fully saturated rings. The quantitative estimate of drug-likeness (QED) is 0.237. The summed E-state index contributed by atoms with van der Waals surface area (Å²) in [6.07, 6.45) is 3.86. The monoisotopic (exact) mass is 666 g/mol. The summed E-state index contributed by atoms with van der Waals surface area (Å²) in [6.45, 7) is 12.1.